The highest BCUT2D eigenvalue weighted by Crippen LogP contribution is 2.23. The van der Waals surface area contributed by atoms with Gasteiger partial charge in [0, 0.05) is 44.3 Å². The van der Waals surface area contributed by atoms with Crippen LogP contribution in [0.1, 0.15) is 85.5 Å². The second-order valence-electron chi connectivity index (χ2n) is 11.3. The van der Waals surface area contributed by atoms with Crippen molar-refractivity contribution in [3.8, 4) is 0 Å². The number of carbonyl (C=O) groups is 2. The Labute approximate surface area is 238 Å². The zero-order valence-corrected chi connectivity index (χ0v) is 24.5. The predicted molar refractivity (Wildman–Crippen MR) is 157 cm³/mol. The van der Waals surface area contributed by atoms with Gasteiger partial charge < -0.3 is 20.4 Å². The highest BCUT2D eigenvalue weighted by Gasteiger charge is 2.31. The number of nitrogens with one attached hydrogen (secondary N) is 2. The number of likely N-dealkylation sites (tertiary alicyclic amines) is 1. The molecular weight excluding hydrogens is 510 g/mol. The molecule has 0 radical (unpaired) electrons. The van der Waals surface area contributed by atoms with E-state index in [4.69, 9.17) is 11.6 Å². The van der Waals surface area contributed by atoms with Crippen LogP contribution < -0.4 is 10.6 Å². The second kappa shape index (κ2) is 14.1. The minimum atomic E-state index is -0.0967. The molecule has 1 saturated carbocycles. The fourth-order valence-electron chi connectivity index (χ4n) is 6.08. The molecule has 8 heteroatoms. The lowest BCUT2D eigenvalue weighted by atomic mass is 9.95. The van der Waals surface area contributed by atoms with Crippen LogP contribution in [-0.4, -0.2) is 64.5 Å². The largest absolute Gasteiger partial charge is 0.352 e. The van der Waals surface area contributed by atoms with Crippen molar-refractivity contribution >= 4 is 23.5 Å². The van der Waals surface area contributed by atoms with E-state index in [2.05, 4.69) is 44.5 Å². The number of urea groups is 1. The third-order valence-corrected chi connectivity index (χ3v) is 8.59. The lowest BCUT2D eigenvalue weighted by Crippen LogP contribution is -2.53. The van der Waals surface area contributed by atoms with E-state index in [0.29, 0.717) is 41.6 Å². The van der Waals surface area contributed by atoms with E-state index in [1.807, 2.05) is 32.0 Å². The van der Waals surface area contributed by atoms with Crippen molar-refractivity contribution in [2.24, 2.45) is 0 Å². The van der Waals surface area contributed by atoms with Gasteiger partial charge in [-0.2, -0.15) is 0 Å². The minimum absolute atomic E-state index is 0.0854. The van der Waals surface area contributed by atoms with Crippen molar-refractivity contribution in [3.63, 3.8) is 0 Å². The van der Waals surface area contributed by atoms with E-state index in [-0.39, 0.29) is 18.0 Å². The van der Waals surface area contributed by atoms with Gasteiger partial charge >= 0.3 is 6.03 Å². The van der Waals surface area contributed by atoms with Crippen LogP contribution in [0.5, 0.6) is 0 Å². The molecule has 0 spiro atoms. The van der Waals surface area contributed by atoms with Crippen molar-refractivity contribution in [1.82, 2.24) is 25.4 Å². The molecule has 212 valence electrons. The number of aromatic nitrogens is 1. The van der Waals surface area contributed by atoms with E-state index in [1.165, 1.54) is 24.8 Å². The predicted octanol–water partition coefficient (Wildman–Crippen LogP) is 5.87. The van der Waals surface area contributed by atoms with Gasteiger partial charge in [0.1, 0.15) is 5.15 Å². The molecule has 0 bridgehead atoms. The summed E-state index contributed by atoms with van der Waals surface area (Å²) in [5, 5.41) is 6.83. The number of rotatable bonds is 9. The van der Waals surface area contributed by atoms with Gasteiger partial charge in [0.2, 0.25) is 0 Å². The van der Waals surface area contributed by atoms with Gasteiger partial charge in [-0.15, -0.1) is 0 Å². The van der Waals surface area contributed by atoms with Crippen LogP contribution in [0, 0.1) is 13.8 Å². The Morgan fingerprint density at radius 1 is 1.08 bits per heavy atom. The summed E-state index contributed by atoms with van der Waals surface area (Å²) in [6, 6.07) is 13.0. The highest BCUT2D eigenvalue weighted by molar-refractivity contribution is 6.29. The number of hydrogen-bond acceptors (Lipinski definition) is 4. The zero-order valence-electron chi connectivity index (χ0n) is 23.7. The molecule has 1 aliphatic carbocycles. The topological polar surface area (TPSA) is 77.6 Å². The Bertz CT molecular complexity index is 1070. The summed E-state index contributed by atoms with van der Waals surface area (Å²) >= 11 is 6.02. The van der Waals surface area contributed by atoms with Crippen molar-refractivity contribution in [3.05, 3.63) is 63.9 Å². The Hall–Kier alpha value is -2.64. The van der Waals surface area contributed by atoms with E-state index in [9.17, 15) is 9.59 Å². The molecule has 1 aromatic carbocycles. The minimum Gasteiger partial charge on any atom is -0.352 e. The van der Waals surface area contributed by atoms with Gasteiger partial charge in [0.25, 0.3) is 5.91 Å². The average Bonchev–Trinajstić information content (AvgIpc) is 2.92. The monoisotopic (exact) mass is 553 g/mol. The summed E-state index contributed by atoms with van der Waals surface area (Å²) < 4.78 is 0. The van der Waals surface area contributed by atoms with E-state index in [0.717, 1.165) is 50.8 Å². The molecular formula is C31H44ClN5O2. The number of carbonyl (C=O) groups excluding carboxylic acids is 2. The molecule has 2 fully saturated rings. The third-order valence-electron chi connectivity index (χ3n) is 8.39. The second-order valence-corrected chi connectivity index (χ2v) is 11.7. The fourth-order valence-corrected chi connectivity index (χ4v) is 6.37. The van der Waals surface area contributed by atoms with Crippen LogP contribution in [0.4, 0.5) is 4.79 Å². The SMILES string of the molecule is Cc1cc(Cl)nc(C)c1C(=O)NCCC(C)N1CCC(N(Cc2ccccc2)C(=O)NC2CCCCC2)CC1. The molecule has 2 heterocycles. The maximum absolute atomic E-state index is 13.5. The first-order chi connectivity index (χ1) is 18.8. The van der Waals surface area contributed by atoms with E-state index < -0.39 is 0 Å². The summed E-state index contributed by atoms with van der Waals surface area (Å²) in [7, 11) is 0. The summed E-state index contributed by atoms with van der Waals surface area (Å²) in [4.78, 5) is 35.0. The van der Waals surface area contributed by atoms with Crippen molar-refractivity contribution in [2.75, 3.05) is 19.6 Å². The van der Waals surface area contributed by atoms with Crippen molar-refractivity contribution in [2.45, 2.75) is 96.8 Å². The summed E-state index contributed by atoms with van der Waals surface area (Å²) in [6.45, 7) is 9.07. The molecule has 2 aromatic rings. The third kappa shape index (κ3) is 8.18. The van der Waals surface area contributed by atoms with Gasteiger partial charge in [-0.05, 0) is 70.1 Å². The summed E-state index contributed by atoms with van der Waals surface area (Å²) in [5.74, 6) is -0.0967. The van der Waals surface area contributed by atoms with Crippen LogP contribution in [0.25, 0.3) is 0 Å². The van der Waals surface area contributed by atoms with Gasteiger partial charge in [0.05, 0.1) is 11.3 Å². The normalized spacial score (nSPS) is 17.9. The number of benzene rings is 1. The number of aryl methyl sites for hydroxylation is 2. The Balaban J connectivity index is 1.28. The molecule has 2 N–H and O–H groups in total. The number of amides is 3. The number of hydrogen-bond donors (Lipinski definition) is 2. The first-order valence-electron chi connectivity index (χ1n) is 14.6. The van der Waals surface area contributed by atoms with Crippen LogP contribution in [0.15, 0.2) is 36.4 Å². The molecule has 1 saturated heterocycles. The van der Waals surface area contributed by atoms with Gasteiger partial charge in [-0.3, -0.25) is 4.79 Å². The number of nitrogens with zero attached hydrogens (tertiary/aromatic N) is 3. The smallest absolute Gasteiger partial charge is 0.318 e. The zero-order chi connectivity index (χ0) is 27.8. The molecule has 1 unspecified atom stereocenters. The molecule has 39 heavy (non-hydrogen) atoms. The quantitative estimate of drug-likeness (QED) is 0.381. The summed E-state index contributed by atoms with van der Waals surface area (Å²) in [6.07, 6.45) is 8.64. The molecule has 3 amide bonds. The summed E-state index contributed by atoms with van der Waals surface area (Å²) in [5.41, 5.74) is 3.27. The first kappa shape index (κ1) is 29.3. The van der Waals surface area contributed by atoms with E-state index in [1.54, 1.807) is 6.07 Å². The van der Waals surface area contributed by atoms with Gasteiger partial charge in [-0.1, -0.05) is 61.2 Å². The Kier molecular flexibility index (Phi) is 10.6. The molecule has 4 rings (SSSR count). The molecule has 1 aromatic heterocycles. The fraction of sp³-hybridized carbons (Fsp3) is 0.581. The van der Waals surface area contributed by atoms with E-state index >= 15 is 0 Å². The lowest BCUT2D eigenvalue weighted by molar-refractivity contribution is 0.0895. The maximum atomic E-state index is 13.5. The molecule has 7 nitrogen and oxygen atoms in total. The van der Waals surface area contributed by atoms with Crippen LogP contribution in [0.3, 0.4) is 0 Å². The lowest BCUT2D eigenvalue weighted by Gasteiger charge is -2.41. The first-order valence-corrected chi connectivity index (χ1v) is 15.0. The standard InChI is InChI=1S/C31H44ClN5O2/c1-22-20-28(32)34-24(3)29(22)30(38)33-17-14-23(2)36-18-15-27(16-19-36)37(21-25-10-6-4-7-11-25)31(39)35-26-12-8-5-9-13-26/h4,6-7,10-11,20,23,26-27H,5,8-9,12-19,21H2,1-3H3,(H,33,38)(H,35,39). The Morgan fingerprint density at radius 2 is 1.77 bits per heavy atom. The van der Waals surface area contributed by atoms with Crippen molar-refractivity contribution < 1.29 is 9.59 Å². The van der Waals surface area contributed by atoms with Crippen molar-refractivity contribution in [1.29, 1.82) is 0 Å². The highest BCUT2D eigenvalue weighted by atomic mass is 35.5. The van der Waals surface area contributed by atoms with Crippen LogP contribution in [-0.2, 0) is 6.54 Å². The maximum Gasteiger partial charge on any atom is 0.318 e. The average molecular weight is 554 g/mol. The number of pyridine rings is 1. The van der Waals surface area contributed by atoms with Gasteiger partial charge in [0.15, 0.2) is 0 Å². The van der Waals surface area contributed by atoms with Crippen LogP contribution >= 0.6 is 11.6 Å². The molecule has 1 atom stereocenters. The Morgan fingerprint density at radius 3 is 2.44 bits per heavy atom. The van der Waals surface area contributed by atoms with Crippen LogP contribution in [0.2, 0.25) is 5.15 Å². The number of piperidine rings is 1. The molecule has 2 aliphatic rings. The van der Waals surface area contributed by atoms with Gasteiger partial charge in [-0.25, -0.2) is 9.78 Å². The number of halogens is 1. The molecule has 1 aliphatic heterocycles.